The predicted octanol–water partition coefficient (Wildman–Crippen LogP) is 2.29. The molecule has 0 saturated carbocycles. The summed E-state index contributed by atoms with van der Waals surface area (Å²) in [5, 5.41) is 20.6. The van der Waals surface area contributed by atoms with Crippen molar-refractivity contribution >= 4 is 17.7 Å². The molecule has 6 nitrogen and oxygen atoms in total. The molecule has 0 fully saturated rings. The minimum absolute atomic E-state index is 0.00347. The van der Waals surface area contributed by atoms with Crippen molar-refractivity contribution in [2.75, 3.05) is 11.9 Å². The molecule has 0 unspecified atom stereocenters. The molecule has 0 aliphatic heterocycles. The van der Waals surface area contributed by atoms with Gasteiger partial charge in [0.1, 0.15) is 11.3 Å². The highest BCUT2D eigenvalue weighted by Crippen LogP contribution is 2.25. The second kappa shape index (κ2) is 5.90. The van der Waals surface area contributed by atoms with E-state index in [1.54, 1.807) is 0 Å². The Bertz CT molecular complexity index is 456. The molecule has 1 amide bonds. The maximum Gasteiger partial charge on any atom is 0.411 e. The van der Waals surface area contributed by atoms with Gasteiger partial charge < -0.3 is 14.9 Å². The molecule has 0 atom stereocenters. The Labute approximate surface area is 104 Å². The van der Waals surface area contributed by atoms with Crippen molar-refractivity contribution < 1.29 is 24.5 Å². The number of benzene rings is 1. The van der Waals surface area contributed by atoms with Crippen molar-refractivity contribution in [2.24, 2.45) is 5.92 Å². The Morgan fingerprint density at radius 2 is 2.06 bits per heavy atom. The normalized spacial score (nSPS) is 10.2. The lowest BCUT2D eigenvalue weighted by atomic mass is 10.1. The van der Waals surface area contributed by atoms with E-state index in [2.05, 4.69) is 5.32 Å². The van der Waals surface area contributed by atoms with Gasteiger partial charge in [-0.05, 0) is 18.1 Å². The van der Waals surface area contributed by atoms with E-state index in [0.717, 1.165) is 0 Å². The molecule has 98 valence electrons. The first-order valence-electron chi connectivity index (χ1n) is 5.41. The van der Waals surface area contributed by atoms with Crippen LogP contribution in [0.5, 0.6) is 5.75 Å². The van der Waals surface area contributed by atoms with Gasteiger partial charge in [-0.2, -0.15) is 0 Å². The minimum Gasteiger partial charge on any atom is -0.507 e. The Hall–Kier alpha value is -2.24. The maximum atomic E-state index is 11.4. The fourth-order valence-electron chi connectivity index (χ4n) is 1.26. The fraction of sp³-hybridized carbons (Fsp3) is 0.333. The summed E-state index contributed by atoms with van der Waals surface area (Å²) in [6.45, 7) is 3.99. The lowest BCUT2D eigenvalue weighted by Gasteiger charge is -2.11. The van der Waals surface area contributed by atoms with Crippen LogP contribution < -0.4 is 5.32 Å². The number of carboxylic acid groups (broad SMARTS) is 1. The van der Waals surface area contributed by atoms with Crippen molar-refractivity contribution in [1.82, 2.24) is 0 Å². The van der Waals surface area contributed by atoms with Crippen LogP contribution in [0.25, 0.3) is 0 Å². The number of rotatable bonds is 4. The lowest BCUT2D eigenvalue weighted by molar-refractivity contribution is 0.0695. The van der Waals surface area contributed by atoms with E-state index in [-0.39, 0.29) is 23.8 Å². The highest BCUT2D eigenvalue weighted by Gasteiger charge is 2.17. The Morgan fingerprint density at radius 3 is 2.61 bits per heavy atom. The van der Waals surface area contributed by atoms with Gasteiger partial charge in [0, 0.05) is 0 Å². The molecule has 0 radical (unpaired) electrons. The van der Waals surface area contributed by atoms with Gasteiger partial charge in [0.05, 0.1) is 12.3 Å². The highest BCUT2D eigenvalue weighted by atomic mass is 16.5. The van der Waals surface area contributed by atoms with Crippen LogP contribution in [-0.4, -0.2) is 28.9 Å². The molecule has 18 heavy (non-hydrogen) atoms. The van der Waals surface area contributed by atoms with E-state index in [4.69, 9.17) is 9.84 Å². The Kier molecular flexibility index (Phi) is 4.53. The van der Waals surface area contributed by atoms with Crippen molar-refractivity contribution in [1.29, 1.82) is 0 Å². The molecule has 3 N–H and O–H groups in total. The largest absolute Gasteiger partial charge is 0.507 e. The van der Waals surface area contributed by atoms with Gasteiger partial charge in [0.2, 0.25) is 0 Å². The Balaban J connectivity index is 2.81. The highest BCUT2D eigenvalue weighted by molar-refractivity contribution is 6.01. The number of carbonyl (C=O) groups is 2. The van der Waals surface area contributed by atoms with E-state index in [9.17, 15) is 14.7 Å². The molecule has 0 aliphatic carbocycles. The number of hydrogen-bond acceptors (Lipinski definition) is 4. The average molecular weight is 253 g/mol. The van der Waals surface area contributed by atoms with E-state index in [0.29, 0.717) is 0 Å². The summed E-state index contributed by atoms with van der Waals surface area (Å²) < 4.78 is 4.86. The van der Waals surface area contributed by atoms with Crippen LogP contribution in [0.4, 0.5) is 10.5 Å². The van der Waals surface area contributed by atoms with Crippen LogP contribution in [0.2, 0.25) is 0 Å². The third kappa shape index (κ3) is 3.65. The molecule has 1 rings (SSSR count). The van der Waals surface area contributed by atoms with Gasteiger partial charge in [-0.1, -0.05) is 19.9 Å². The van der Waals surface area contributed by atoms with E-state index in [1.165, 1.54) is 18.2 Å². The molecule has 0 bridgehead atoms. The number of carbonyl (C=O) groups excluding carboxylic acids is 1. The summed E-state index contributed by atoms with van der Waals surface area (Å²) in [6, 6.07) is 4.04. The Morgan fingerprint density at radius 1 is 1.39 bits per heavy atom. The van der Waals surface area contributed by atoms with Gasteiger partial charge in [-0.3, -0.25) is 5.32 Å². The first-order chi connectivity index (χ1) is 8.41. The first-order valence-corrected chi connectivity index (χ1v) is 5.41. The number of aromatic hydroxyl groups is 1. The molecule has 0 heterocycles. The summed E-state index contributed by atoms with van der Waals surface area (Å²) in [4.78, 5) is 22.3. The zero-order valence-corrected chi connectivity index (χ0v) is 10.1. The average Bonchev–Trinajstić information content (AvgIpc) is 2.26. The molecular weight excluding hydrogens is 238 g/mol. The molecule has 6 heteroatoms. The number of aromatic carboxylic acids is 1. The van der Waals surface area contributed by atoms with Crippen LogP contribution >= 0.6 is 0 Å². The predicted molar refractivity (Wildman–Crippen MR) is 64.9 cm³/mol. The number of amides is 1. The molecule has 1 aromatic carbocycles. The zero-order chi connectivity index (χ0) is 13.7. The van der Waals surface area contributed by atoms with Gasteiger partial charge in [0.15, 0.2) is 0 Å². The smallest absolute Gasteiger partial charge is 0.411 e. The molecule has 0 aromatic heterocycles. The third-order valence-corrected chi connectivity index (χ3v) is 2.04. The van der Waals surface area contributed by atoms with Crippen LogP contribution in [0.3, 0.4) is 0 Å². The monoisotopic (exact) mass is 253 g/mol. The molecular formula is C12H15NO5. The van der Waals surface area contributed by atoms with Crippen molar-refractivity contribution in [2.45, 2.75) is 13.8 Å². The summed E-state index contributed by atoms with van der Waals surface area (Å²) in [7, 11) is 0. The third-order valence-electron chi connectivity index (χ3n) is 2.04. The fourth-order valence-corrected chi connectivity index (χ4v) is 1.26. The number of carboxylic acids is 1. The van der Waals surface area contributed by atoms with Gasteiger partial charge in [-0.25, -0.2) is 9.59 Å². The molecule has 0 saturated heterocycles. The molecule has 0 aliphatic rings. The van der Waals surface area contributed by atoms with Crippen LogP contribution in [0.1, 0.15) is 24.2 Å². The first kappa shape index (κ1) is 13.8. The molecule has 0 spiro atoms. The van der Waals surface area contributed by atoms with Crippen LogP contribution in [0.15, 0.2) is 18.2 Å². The summed E-state index contributed by atoms with van der Waals surface area (Å²) >= 11 is 0. The van der Waals surface area contributed by atoms with E-state index < -0.39 is 17.8 Å². The summed E-state index contributed by atoms with van der Waals surface area (Å²) in [5.74, 6) is -1.56. The van der Waals surface area contributed by atoms with Gasteiger partial charge in [0.25, 0.3) is 0 Å². The van der Waals surface area contributed by atoms with Crippen LogP contribution in [-0.2, 0) is 4.74 Å². The number of phenols is 1. The second-order valence-corrected chi connectivity index (χ2v) is 4.12. The topological polar surface area (TPSA) is 95.9 Å². The lowest BCUT2D eigenvalue weighted by Crippen LogP contribution is -2.18. The van der Waals surface area contributed by atoms with E-state index in [1.807, 2.05) is 13.8 Å². The molecule has 1 aromatic rings. The van der Waals surface area contributed by atoms with Crippen molar-refractivity contribution in [3.05, 3.63) is 23.8 Å². The maximum absolute atomic E-state index is 11.4. The minimum atomic E-state index is -1.33. The summed E-state index contributed by atoms with van der Waals surface area (Å²) in [5.41, 5.74) is -0.366. The second-order valence-electron chi connectivity index (χ2n) is 4.12. The quantitative estimate of drug-likeness (QED) is 0.765. The number of ether oxygens (including phenoxy) is 1. The number of nitrogens with one attached hydrogen (secondary N) is 1. The van der Waals surface area contributed by atoms with Gasteiger partial charge >= 0.3 is 12.1 Å². The number of hydrogen-bond donors (Lipinski definition) is 3. The van der Waals surface area contributed by atoms with Crippen LogP contribution in [0, 0.1) is 5.92 Å². The number of anilines is 1. The standard InChI is InChI=1S/C12H15NO5/c1-7(2)6-18-12(17)13-8-4-3-5-9(14)10(8)11(15)16/h3-5,7,14H,6H2,1-2H3,(H,13,17)(H,15,16). The van der Waals surface area contributed by atoms with E-state index >= 15 is 0 Å². The summed E-state index contributed by atoms with van der Waals surface area (Å²) in [6.07, 6.45) is -0.753. The van der Waals surface area contributed by atoms with Gasteiger partial charge in [-0.15, -0.1) is 0 Å². The van der Waals surface area contributed by atoms with Crippen molar-refractivity contribution in [3.8, 4) is 5.75 Å². The zero-order valence-electron chi connectivity index (χ0n) is 10.1. The van der Waals surface area contributed by atoms with Crippen molar-refractivity contribution in [3.63, 3.8) is 0 Å². The SMILES string of the molecule is CC(C)COC(=O)Nc1cccc(O)c1C(=O)O.